The fourth-order valence-electron chi connectivity index (χ4n) is 5.86. The predicted molar refractivity (Wildman–Crippen MR) is 175 cm³/mol. The molecular weight excluding hydrogens is 544 g/mol. The van der Waals surface area contributed by atoms with Crippen LogP contribution in [0.3, 0.4) is 0 Å². The number of carboxylic acids is 1. The lowest BCUT2D eigenvalue weighted by atomic mass is 9.80. The molecule has 0 saturated carbocycles. The van der Waals surface area contributed by atoms with Gasteiger partial charge in [-0.1, -0.05) is 153 Å². The van der Waals surface area contributed by atoms with Gasteiger partial charge in [0.2, 0.25) is 0 Å². The fraction of sp³-hybridized carbons (Fsp3) is 0.200. The zero-order chi connectivity index (χ0) is 30.8. The second-order valence-electron chi connectivity index (χ2n) is 11.4. The van der Waals surface area contributed by atoms with Crippen molar-refractivity contribution in [2.24, 2.45) is 11.8 Å². The van der Waals surface area contributed by atoms with Crippen LogP contribution < -0.4 is 0 Å². The number of ether oxygens (including phenoxy) is 1. The fourth-order valence-corrected chi connectivity index (χ4v) is 5.86. The number of ketones is 1. The molecule has 0 radical (unpaired) electrons. The number of carbonyl (C=O) groups excluding carboxylic acids is 1. The summed E-state index contributed by atoms with van der Waals surface area (Å²) in [5, 5.41) is 9.66. The number of hydrogen-bond acceptors (Lipinski definition) is 3. The standard InChI is InChI=1S/C40H38O4/c1-30(38(41)27-32(28-39(42)43)26-31-22-24-34(25-23-31)33-14-6-2-7-15-33)29-44-40(35-16-8-3-9-17-35,36-18-10-4-11-19-36)37-20-12-5-13-21-37/h2-25,30,32H,26-29H2,1H3,(H,42,43). The molecule has 5 aromatic carbocycles. The van der Waals surface area contributed by atoms with Crippen LogP contribution >= 0.6 is 0 Å². The third-order valence-corrected chi connectivity index (χ3v) is 8.18. The van der Waals surface area contributed by atoms with E-state index in [1.807, 2.05) is 91.9 Å². The largest absolute Gasteiger partial charge is 0.481 e. The van der Waals surface area contributed by atoms with Crippen molar-refractivity contribution in [1.82, 2.24) is 0 Å². The normalized spacial score (nSPS) is 12.8. The molecule has 0 spiro atoms. The molecule has 0 aliphatic heterocycles. The van der Waals surface area contributed by atoms with Gasteiger partial charge in [-0.3, -0.25) is 9.59 Å². The van der Waals surface area contributed by atoms with E-state index in [4.69, 9.17) is 4.74 Å². The van der Waals surface area contributed by atoms with E-state index in [1.54, 1.807) is 0 Å². The molecule has 2 atom stereocenters. The smallest absolute Gasteiger partial charge is 0.303 e. The quantitative estimate of drug-likeness (QED) is 0.133. The van der Waals surface area contributed by atoms with Crippen LogP contribution in [-0.2, 0) is 26.3 Å². The van der Waals surface area contributed by atoms with Gasteiger partial charge in [0.25, 0.3) is 0 Å². The van der Waals surface area contributed by atoms with Crippen molar-refractivity contribution in [1.29, 1.82) is 0 Å². The molecule has 0 aromatic heterocycles. The van der Waals surface area contributed by atoms with E-state index < -0.39 is 17.5 Å². The topological polar surface area (TPSA) is 63.6 Å². The molecule has 5 rings (SSSR count). The van der Waals surface area contributed by atoms with Crippen molar-refractivity contribution in [3.8, 4) is 11.1 Å². The minimum Gasteiger partial charge on any atom is -0.481 e. The van der Waals surface area contributed by atoms with Gasteiger partial charge >= 0.3 is 5.97 Å². The van der Waals surface area contributed by atoms with Gasteiger partial charge in [0, 0.05) is 18.8 Å². The number of aliphatic carboxylic acids is 1. The maximum Gasteiger partial charge on any atom is 0.303 e. The molecule has 44 heavy (non-hydrogen) atoms. The Morgan fingerprint density at radius 3 is 1.50 bits per heavy atom. The second-order valence-corrected chi connectivity index (χ2v) is 11.4. The Morgan fingerprint density at radius 2 is 1.05 bits per heavy atom. The summed E-state index contributed by atoms with van der Waals surface area (Å²) in [5.41, 5.74) is 5.25. The molecule has 4 heteroatoms. The average Bonchev–Trinajstić information content (AvgIpc) is 3.07. The van der Waals surface area contributed by atoms with Gasteiger partial charge in [-0.15, -0.1) is 0 Å². The molecule has 5 aromatic rings. The Kier molecular flexibility index (Phi) is 10.2. The second kappa shape index (κ2) is 14.6. The highest BCUT2D eigenvalue weighted by atomic mass is 16.5. The number of benzene rings is 5. The third-order valence-electron chi connectivity index (χ3n) is 8.18. The molecule has 0 aliphatic carbocycles. The maximum atomic E-state index is 13.6. The molecule has 0 aliphatic rings. The first kappa shape index (κ1) is 30.7. The molecule has 0 fully saturated rings. The zero-order valence-corrected chi connectivity index (χ0v) is 25.0. The van der Waals surface area contributed by atoms with E-state index in [2.05, 4.69) is 60.7 Å². The molecular formula is C40H38O4. The third kappa shape index (κ3) is 7.39. The minimum absolute atomic E-state index is 0.000223. The van der Waals surface area contributed by atoms with E-state index in [1.165, 1.54) is 0 Å². The lowest BCUT2D eigenvalue weighted by Crippen LogP contribution is -2.35. The van der Waals surface area contributed by atoms with Crippen LogP contribution in [0.2, 0.25) is 0 Å². The first-order valence-corrected chi connectivity index (χ1v) is 15.1. The van der Waals surface area contributed by atoms with Crippen LogP contribution in [0.25, 0.3) is 11.1 Å². The van der Waals surface area contributed by atoms with Crippen LogP contribution in [0.1, 0.15) is 42.0 Å². The van der Waals surface area contributed by atoms with Gasteiger partial charge in [0.1, 0.15) is 11.4 Å². The molecule has 0 heterocycles. The highest BCUT2D eigenvalue weighted by molar-refractivity contribution is 5.81. The lowest BCUT2D eigenvalue weighted by Gasteiger charge is -2.36. The van der Waals surface area contributed by atoms with Crippen molar-refractivity contribution in [3.63, 3.8) is 0 Å². The Hall–Kier alpha value is -4.80. The van der Waals surface area contributed by atoms with Crippen LogP contribution in [0, 0.1) is 11.8 Å². The Balaban J connectivity index is 1.34. The van der Waals surface area contributed by atoms with Crippen molar-refractivity contribution in [2.45, 2.75) is 31.8 Å². The van der Waals surface area contributed by atoms with Crippen molar-refractivity contribution in [3.05, 3.63) is 168 Å². The van der Waals surface area contributed by atoms with Gasteiger partial charge in [-0.25, -0.2) is 0 Å². The molecule has 0 saturated heterocycles. The molecule has 4 nitrogen and oxygen atoms in total. The summed E-state index contributed by atoms with van der Waals surface area (Å²) in [4.78, 5) is 25.4. The van der Waals surface area contributed by atoms with Crippen LogP contribution in [-0.4, -0.2) is 23.5 Å². The van der Waals surface area contributed by atoms with Gasteiger partial charge in [0.15, 0.2) is 0 Å². The molecule has 0 bridgehead atoms. The van der Waals surface area contributed by atoms with E-state index in [9.17, 15) is 14.7 Å². The van der Waals surface area contributed by atoms with Crippen molar-refractivity contribution >= 4 is 11.8 Å². The highest BCUT2D eigenvalue weighted by Crippen LogP contribution is 2.41. The Labute approximate surface area is 260 Å². The van der Waals surface area contributed by atoms with Gasteiger partial charge in [-0.2, -0.15) is 0 Å². The van der Waals surface area contributed by atoms with E-state index in [0.717, 1.165) is 33.4 Å². The predicted octanol–water partition coefficient (Wildman–Crippen LogP) is 8.59. The lowest BCUT2D eigenvalue weighted by molar-refractivity contribution is -0.138. The molecule has 1 N–H and O–H groups in total. The SMILES string of the molecule is CC(COC(c1ccccc1)(c1ccccc1)c1ccccc1)C(=O)CC(CC(=O)O)Cc1ccc(-c2ccccc2)cc1. The van der Waals surface area contributed by atoms with Crippen molar-refractivity contribution < 1.29 is 19.4 Å². The molecule has 0 amide bonds. The number of hydrogen-bond donors (Lipinski definition) is 1. The first-order chi connectivity index (χ1) is 21.5. The summed E-state index contributed by atoms with van der Waals surface area (Å²) in [5.74, 6) is -1.64. The zero-order valence-electron chi connectivity index (χ0n) is 25.0. The number of carbonyl (C=O) groups is 2. The van der Waals surface area contributed by atoms with Gasteiger partial charge < -0.3 is 9.84 Å². The summed E-state index contributed by atoms with van der Waals surface area (Å²) < 4.78 is 6.87. The number of rotatable bonds is 14. The Morgan fingerprint density at radius 1 is 0.614 bits per heavy atom. The van der Waals surface area contributed by atoms with Crippen LogP contribution in [0.5, 0.6) is 0 Å². The molecule has 2 unspecified atom stereocenters. The number of carboxylic acid groups (broad SMARTS) is 1. The Bertz CT molecular complexity index is 1520. The summed E-state index contributed by atoms with van der Waals surface area (Å²) in [6.45, 7) is 2.06. The monoisotopic (exact) mass is 582 g/mol. The summed E-state index contributed by atoms with van der Waals surface area (Å²) >= 11 is 0. The highest BCUT2D eigenvalue weighted by Gasteiger charge is 2.38. The van der Waals surface area contributed by atoms with Gasteiger partial charge in [-0.05, 0) is 45.7 Å². The van der Waals surface area contributed by atoms with Gasteiger partial charge in [0.05, 0.1) is 6.61 Å². The minimum atomic E-state index is -0.917. The first-order valence-electron chi connectivity index (χ1n) is 15.1. The average molecular weight is 583 g/mol. The number of Topliss-reactive ketones (excluding diaryl/α,β-unsaturated/α-hetero) is 1. The van der Waals surface area contributed by atoms with Crippen molar-refractivity contribution in [2.75, 3.05) is 6.61 Å². The van der Waals surface area contributed by atoms with Crippen LogP contribution in [0.4, 0.5) is 0 Å². The van der Waals surface area contributed by atoms with Crippen LogP contribution in [0.15, 0.2) is 146 Å². The maximum absolute atomic E-state index is 13.6. The molecule has 222 valence electrons. The van der Waals surface area contributed by atoms with E-state index in [0.29, 0.717) is 6.42 Å². The van der Waals surface area contributed by atoms with E-state index >= 15 is 0 Å². The summed E-state index contributed by atoms with van der Waals surface area (Å²) in [7, 11) is 0. The summed E-state index contributed by atoms with van der Waals surface area (Å²) in [6.07, 6.45) is 0.622. The van der Waals surface area contributed by atoms with E-state index in [-0.39, 0.29) is 31.1 Å². The summed E-state index contributed by atoms with van der Waals surface area (Å²) in [6, 6.07) is 48.5.